The molecule has 1 N–H and O–H groups in total. The number of carbonyl (C=O) groups is 2. The Morgan fingerprint density at radius 3 is 2.27 bits per heavy atom. The van der Waals surface area contributed by atoms with E-state index in [0.29, 0.717) is 18.8 Å². The molecule has 4 nitrogen and oxygen atoms in total. The molecule has 0 aromatic carbocycles. The number of allylic oxidation sites excluding steroid dienone is 1. The molecule has 0 saturated heterocycles. The smallest absolute Gasteiger partial charge is 0.313 e. The van der Waals surface area contributed by atoms with Crippen LogP contribution >= 0.6 is 0 Å². The van der Waals surface area contributed by atoms with Gasteiger partial charge in [-0.05, 0) is 43.9 Å². The van der Waals surface area contributed by atoms with Crippen LogP contribution in [0.2, 0.25) is 0 Å². The first-order valence-corrected chi connectivity index (χ1v) is 10.4. The second-order valence-electron chi connectivity index (χ2n) is 8.55. The standard InChI is InChI=1S/C22H38O4/c1-16(2)11-7-5-6-8-12-18(15-17(3)4)26-22(25)20-14-10-9-13-19(20)21(23)24/h10,14,16-20H,5-9,11-13,15H2,1-4H3,(H,23,24). The summed E-state index contributed by atoms with van der Waals surface area (Å²) in [6.07, 6.45) is 12.5. The van der Waals surface area contributed by atoms with Crippen molar-refractivity contribution in [3.63, 3.8) is 0 Å². The van der Waals surface area contributed by atoms with Crippen molar-refractivity contribution in [2.45, 2.75) is 91.6 Å². The van der Waals surface area contributed by atoms with Gasteiger partial charge >= 0.3 is 11.9 Å². The van der Waals surface area contributed by atoms with E-state index in [-0.39, 0.29) is 12.1 Å². The van der Waals surface area contributed by atoms with Gasteiger partial charge in [-0.1, -0.05) is 65.5 Å². The van der Waals surface area contributed by atoms with E-state index in [1.807, 2.05) is 6.08 Å². The number of unbranched alkanes of at least 4 members (excludes halogenated alkanes) is 3. The Hall–Kier alpha value is -1.32. The highest BCUT2D eigenvalue weighted by molar-refractivity contribution is 5.83. The van der Waals surface area contributed by atoms with Gasteiger partial charge in [-0.15, -0.1) is 0 Å². The van der Waals surface area contributed by atoms with E-state index in [1.165, 1.54) is 25.7 Å². The summed E-state index contributed by atoms with van der Waals surface area (Å²) in [4.78, 5) is 24.0. The normalized spacial score (nSPS) is 21.2. The molecule has 4 heteroatoms. The molecule has 0 spiro atoms. The zero-order valence-corrected chi connectivity index (χ0v) is 17.1. The molecule has 0 aromatic rings. The monoisotopic (exact) mass is 366 g/mol. The van der Waals surface area contributed by atoms with Gasteiger partial charge in [-0.2, -0.15) is 0 Å². The molecule has 3 atom stereocenters. The fourth-order valence-corrected chi connectivity index (χ4v) is 3.62. The third-order valence-electron chi connectivity index (χ3n) is 5.09. The number of carbonyl (C=O) groups excluding carboxylic acids is 1. The van der Waals surface area contributed by atoms with Crippen LogP contribution in [0.5, 0.6) is 0 Å². The second-order valence-corrected chi connectivity index (χ2v) is 8.55. The molecule has 1 rings (SSSR count). The van der Waals surface area contributed by atoms with E-state index in [1.54, 1.807) is 6.08 Å². The van der Waals surface area contributed by atoms with Crippen LogP contribution < -0.4 is 0 Å². The number of hydrogen-bond donors (Lipinski definition) is 1. The summed E-state index contributed by atoms with van der Waals surface area (Å²) in [6.45, 7) is 8.76. The molecule has 0 bridgehead atoms. The van der Waals surface area contributed by atoms with Gasteiger partial charge in [-0.3, -0.25) is 9.59 Å². The lowest BCUT2D eigenvalue weighted by molar-refractivity contribution is -0.161. The topological polar surface area (TPSA) is 63.6 Å². The first kappa shape index (κ1) is 22.7. The summed E-state index contributed by atoms with van der Waals surface area (Å²) in [5, 5.41) is 9.36. The Balaban J connectivity index is 2.49. The van der Waals surface area contributed by atoms with Crippen LogP contribution in [-0.4, -0.2) is 23.1 Å². The number of carboxylic acids is 1. The summed E-state index contributed by atoms with van der Waals surface area (Å²) >= 11 is 0. The van der Waals surface area contributed by atoms with Crippen molar-refractivity contribution < 1.29 is 19.4 Å². The number of esters is 1. The van der Waals surface area contributed by atoms with E-state index in [9.17, 15) is 14.7 Å². The Morgan fingerprint density at radius 2 is 1.69 bits per heavy atom. The lowest BCUT2D eigenvalue weighted by Crippen LogP contribution is -2.34. The van der Waals surface area contributed by atoms with E-state index in [0.717, 1.165) is 25.2 Å². The number of carboxylic acid groups (broad SMARTS) is 1. The number of ether oxygens (including phenoxy) is 1. The zero-order valence-electron chi connectivity index (χ0n) is 17.1. The van der Waals surface area contributed by atoms with Crippen molar-refractivity contribution in [3.8, 4) is 0 Å². The predicted octanol–water partition coefficient (Wildman–Crippen LogP) is 5.61. The van der Waals surface area contributed by atoms with Crippen LogP contribution in [0.15, 0.2) is 12.2 Å². The number of aliphatic carboxylic acids is 1. The minimum Gasteiger partial charge on any atom is -0.481 e. The molecule has 3 unspecified atom stereocenters. The minimum atomic E-state index is -0.901. The molecule has 150 valence electrons. The van der Waals surface area contributed by atoms with Gasteiger partial charge < -0.3 is 9.84 Å². The van der Waals surface area contributed by atoms with Crippen molar-refractivity contribution in [1.82, 2.24) is 0 Å². The lowest BCUT2D eigenvalue weighted by Gasteiger charge is -2.26. The van der Waals surface area contributed by atoms with Crippen LogP contribution in [-0.2, 0) is 14.3 Å². The highest BCUT2D eigenvalue weighted by Gasteiger charge is 2.35. The van der Waals surface area contributed by atoms with Gasteiger partial charge in [0.05, 0.1) is 11.8 Å². The van der Waals surface area contributed by atoms with Crippen LogP contribution in [0, 0.1) is 23.7 Å². The highest BCUT2D eigenvalue weighted by Crippen LogP contribution is 2.28. The summed E-state index contributed by atoms with van der Waals surface area (Å²) < 4.78 is 5.77. The van der Waals surface area contributed by atoms with Gasteiger partial charge in [0.1, 0.15) is 6.10 Å². The number of hydrogen-bond acceptors (Lipinski definition) is 3. The molecule has 0 fully saturated rings. The van der Waals surface area contributed by atoms with Crippen molar-refractivity contribution in [3.05, 3.63) is 12.2 Å². The fourth-order valence-electron chi connectivity index (χ4n) is 3.62. The zero-order chi connectivity index (χ0) is 19.5. The van der Waals surface area contributed by atoms with Crippen LogP contribution in [0.25, 0.3) is 0 Å². The average Bonchev–Trinajstić information content (AvgIpc) is 2.56. The maximum absolute atomic E-state index is 12.6. The van der Waals surface area contributed by atoms with E-state index >= 15 is 0 Å². The van der Waals surface area contributed by atoms with Gasteiger partial charge in [0, 0.05) is 0 Å². The first-order valence-electron chi connectivity index (χ1n) is 10.4. The minimum absolute atomic E-state index is 0.0997. The molecular weight excluding hydrogens is 328 g/mol. The lowest BCUT2D eigenvalue weighted by atomic mass is 9.84. The Labute approximate surface area is 159 Å². The van der Waals surface area contributed by atoms with Gasteiger partial charge in [-0.25, -0.2) is 0 Å². The van der Waals surface area contributed by atoms with Gasteiger partial charge in [0.25, 0.3) is 0 Å². The summed E-state index contributed by atoms with van der Waals surface area (Å²) in [5.74, 6) is -1.34. The summed E-state index contributed by atoms with van der Waals surface area (Å²) in [6, 6.07) is 0. The Bertz CT molecular complexity index is 453. The van der Waals surface area contributed by atoms with Crippen LogP contribution in [0.3, 0.4) is 0 Å². The summed E-state index contributed by atoms with van der Waals surface area (Å²) in [7, 11) is 0. The van der Waals surface area contributed by atoms with Gasteiger partial charge in [0.2, 0.25) is 0 Å². The highest BCUT2D eigenvalue weighted by atomic mass is 16.5. The molecule has 0 saturated carbocycles. The maximum Gasteiger partial charge on any atom is 0.313 e. The summed E-state index contributed by atoms with van der Waals surface area (Å²) in [5.41, 5.74) is 0. The fraction of sp³-hybridized carbons (Fsp3) is 0.818. The maximum atomic E-state index is 12.6. The van der Waals surface area contributed by atoms with Crippen molar-refractivity contribution >= 4 is 11.9 Å². The van der Waals surface area contributed by atoms with Gasteiger partial charge in [0.15, 0.2) is 0 Å². The van der Waals surface area contributed by atoms with E-state index in [2.05, 4.69) is 27.7 Å². The molecule has 1 aliphatic carbocycles. The van der Waals surface area contributed by atoms with Crippen molar-refractivity contribution in [1.29, 1.82) is 0 Å². The third-order valence-corrected chi connectivity index (χ3v) is 5.09. The van der Waals surface area contributed by atoms with Crippen LogP contribution in [0.1, 0.15) is 85.5 Å². The van der Waals surface area contributed by atoms with E-state index in [4.69, 9.17) is 4.74 Å². The quantitative estimate of drug-likeness (QED) is 0.277. The molecule has 0 radical (unpaired) electrons. The number of rotatable bonds is 12. The Morgan fingerprint density at radius 1 is 1.04 bits per heavy atom. The molecular formula is C22H38O4. The Kier molecular flexibility index (Phi) is 10.6. The molecule has 0 aromatic heterocycles. The van der Waals surface area contributed by atoms with E-state index < -0.39 is 17.8 Å². The predicted molar refractivity (Wildman–Crippen MR) is 105 cm³/mol. The SMILES string of the molecule is CC(C)CCCCCCC(CC(C)C)OC(=O)C1C=CCCC1C(=O)O. The average molecular weight is 367 g/mol. The third kappa shape index (κ3) is 8.86. The molecule has 26 heavy (non-hydrogen) atoms. The molecule has 0 heterocycles. The van der Waals surface area contributed by atoms with Crippen LogP contribution in [0.4, 0.5) is 0 Å². The molecule has 0 amide bonds. The van der Waals surface area contributed by atoms with Crippen molar-refractivity contribution in [2.24, 2.45) is 23.7 Å². The molecule has 0 aliphatic heterocycles. The van der Waals surface area contributed by atoms with Crippen molar-refractivity contribution in [2.75, 3.05) is 0 Å². The first-order chi connectivity index (χ1) is 12.3. The largest absolute Gasteiger partial charge is 0.481 e. The second kappa shape index (κ2) is 12.1. The molecule has 1 aliphatic rings.